The number of hydrogen-bond donors (Lipinski definition) is 2. The summed E-state index contributed by atoms with van der Waals surface area (Å²) in [4.78, 5) is 15.5. The third kappa shape index (κ3) is 3.98. The lowest BCUT2D eigenvalue weighted by atomic mass is 10.1. The van der Waals surface area contributed by atoms with E-state index in [-0.39, 0.29) is 22.9 Å². The fourth-order valence-corrected chi connectivity index (χ4v) is 6.95. The Morgan fingerprint density at radius 1 is 1.19 bits per heavy atom. The summed E-state index contributed by atoms with van der Waals surface area (Å²) >= 11 is 0. The molecule has 8 nitrogen and oxygen atoms in total. The van der Waals surface area contributed by atoms with Crippen LogP contribution in [0.1, 0.15) is 18.1 Å². The van der Waals surface area contributed by atoms with Crippen molar-refractivity contribution in [1.82, 2.24) is 9.71 Å². The van der Waals surface area contributed by atoms with Crippen molar-refractivity contribution in [2.45, 2.75) is 25.2 Å². The molecule has 0 radical (unpaired) electrons. The Morgan fingerprint density at radius 2 is 1.94 bits per heavy atom. The molecule has 0 saturated carbocycles. The second-order valence-corrected chi connectivity index (χ2v) is 11.3. The lowest BCUT2D eigenvalue weighted by molar-refractivity contribution is -0.119. The van der Waals surface area contributed by atoms with Gasteiger partial charge in [-0.05, 0) is 48.7 Å². The molecular formula is C21H23N3O5S2. The van der Waals surface area contributed by atoms with E-state index in [0.29, 0.717) is 12.0 Å². The zero-order chi connectivity index (χ0) is 22.4. The SMILES string of the molecule is Cc1cc(N2C(=O)[C@H](C)CS2(=O)=O)ccc1S(=O)(=O)NCCc1c[nH]c2ccccc12. The second-order valence-electron chi connectivity index (χ2n) is 7.74. The first-order valence-corrected chi connectivity index (χ1v) is 12.9. The number of aromatic amines is 1. The Labute approximate surface area is 181 Å². The van der Waals surface area contributed by atoms with E-state index in [9.17, 15) is 21.6 Å². The zero-order valence-electron chi connectivity index (χ0n) is 17.1. The molecule has 1 fully saturated rings. The predicted octanol–water partition coefficient (Wildman–Crippen LogP) is 2.31. The molecule has 0 unspecified atom stereocenters. The van der Waals surface area contributed by atoms with Crippen LogP contribution in [-0.4, -0.2) is 40.0 Å². The summed E-state index contributed by atoms with van der Waals surface area (Å²) in [5.41, 5.74) is 2.52. The van der Waals surface area contributed by atoms with Crippen LogP contribution in [0.2, 0.25) is 0 Å². The number of carbonyl (C=O) groups is 1. The van der Waals surface area contributed by atoms with Gasteiger partial charge in [-0.25, -0.2) is 25.9 Å². The van der Waals surface area contributed by atoms with Crippen molar-refractivity contribution in [2.75, 3.05) is 16.6 Å². The maximum absolute atomic E-state index is 12.8. The van der Waals surface area contributed by atoms with E-state index in [1.807, 2.05) is 30.5 Å². The van der Waals surface area contributed by atoms with Gasteiger partial charge in [0, 0.05) is 23.6 Å². The Morgan fingerprint density at radius 3 is 2.61 bits per heavy atom. The summed E-state index contributed by atoms with van der Waals surface area (Å²) in [7, 11) is -7.55. The quantitative estimate of drug-likeness (QED) is 0.584. The average Bonchev–Trinajstić information content (AvgIpc) is 3.19. The van der Waals surface area contributed by atoms with Gasteiger partial charge in [-0.1, -0.05) is 25.1 Å². The normalized spacial score (nSPS) is 18.7. The second kappa shape index (κ2) is 7.77. The first kappa shape index (κ1) is 21.5. The number of aromatic nitrogens is 1. The molecule has 1 aliphatic rings. The molecule has 0 bridgehead atoms. The largest absolute Gasteiger partial charge is 0.361 e. The molecule has 2 heterocycles. The topological polar surface area (TPSA) is 116 Å². The molecule has 0 aliphatic carbocycles. The molecule has 10 heteroatoms. The molecule has 164 valence electrons. The summed E-state index contributed by atoms with van der Waals surface area (Å²) in [6, 6.07) is 11.9. The van der Waals surface area contributed by atoms with Crippen LogP contribution in [-0.2, 0) is 31.3 Å². The maximum atomic E-state index is 12.8. The highest BCUT2D eigenvalue weighted by Gasteiger charge is 2.42. The predicted molar refractivity (Wildman–Crippen MR) is 119 cm³/mol. The highest BCUT2D eigenvalue weighted by molar-refractivity contribution is 7.94. The lowest BCUT2D eigenvalue weighted by Crippen LogP contribution is -2.30. The Kier molecular flexibility index (Phi) is 5.40. The standard InChI is InChI=1S/C21H23N3O5S2/c1-14-11-17(24-21(25)15(2)13-30(24,26)27)7-8-20(14)31(28,29)23-10-9-16-12-22-19-6-4-3-5-18(16)19/h3-8,11-12,15,22-23H,9-10,13H2,1-2H3/t15-/m1/s1. The summed E-state index contributed by atoms with van der Waals surface area (Å²) in [6.07, 6.45) is 2.38. The molecule has 0 spiro atoms. The highest BCUT2D eigenvalue weighted by Crippen LogP contribution is 2.30. The number of aryl methyl sites for hydroxylation is 1. The molecule has 1 amide bonds. The van der Waals surface area contributed by atoms with E-state index in [1.54, 1.807) is 13.8 Å². The van der Waals surface area contributed by atoms with Crippen LogP contribution in [0.3, 0.4) is 0 Å². The van der Waals surface area contributed by atoms with Gasteiger partial charge in [0.2, 0.25) is 26.0 Å². The van der Waals surface area contributed by atoms with Crippen LogP contribution >= 0.6 is 0 Å². The van der Waals surface area contributed by atoms with Gasteiger partial charge in [-0.15, -0.1) is 0 Å². The van der Waals surface area contributed by atoms with Crippen LogP contribution in [0.25, 0.3) is 10.9 Å². The zero-order valence-corrected chi connectivity index (χ0v) is 18.8. The van der Waals surface area contributed by atoms with Crippen LogP contribution in [0, 0.1) is 12.8 Å². The average molecular weight is 462 g/mol. The molecule has 1 aliphatic heterocycles. The monoisotopic (exact) mass is 461 g/mol. The number of benzene rings is 2. The molecule has 1 atom stereocenters. The first-order valence-electron chi connectivity index (χ1n) is 9.82. The Balaban J connectivity index is 1.51. The third-order valence-electron chi connectivity index (χ3n) is 5.40. The third-order valence-corrected chi connectivity index (χ3v) is 8.89. The fourth-order valence-electron chi connectivity index (χ4n) is 3.88. The van der Waals surface area contributed by atoms with Crippen molar-refractivity contribution in [3.63, 3.8) is 0 Å². The fraction of sp³-hybridized carbons (Fsp3) is 0.286. The van der Waals surface area contributed by atoms with Crippen molar-refractivity contribution >= 4 is 42.5 Å². The van der Waals surface area contributed by atoms with Crippen molar-refractivity contribution in [2.24, 2.45) is 5.92 Å². The molecular weight excluding hydrogens is 438 g/mol. The number of rotatable bonds is 6. The highest BCUT2D eigenvalue weighted by atomic mass is 32.2. The lowest BCUT2D eigenvalue weighted by Gasteiger charge is -2.17. The van der Waals surface area contributed by atoms with E-state index in [0.717, 1.165) is 20.8 Å². The van der Waals surface area contributed by atoms with E-state index in [4.69, 9.17) is 0 Å². The first-order chi connectivity index (χ1) is 14.6. The molecule has 2 aromatic carbocycles. The van der Waals surface area contributed by atoms with E-state index in [1.165, 1.54) is 18.2 Å². The Bertz CT molecular complexity index is 1380. The van der Waals surface area contributed by atoms with Crippen LogP contribution in [0.4, 0.5) is 5.69 Å². The van der Waals surface area contributed by atoms with Gasteiger partial charge in [0.15, 0.2) is 0 Å². The molecule has 3 aromatic rings. The van der Waals surface area contributed by atoms with Crippen molar-refractivity contribution in [1.29, 1.82) is 0 Å². The molecule has 31 heavy (non-hydrogen) atoms. The van der Waals surface area contributed by atoms with Crippen LogP contribution < -0.4 is 9.03 Å². The molecule has 4 rings (SSSR count). The number of hydrogen-bond acceptors (Lipinski definition) is 5. The number of H-pyrrole nitrogens is 1. The van der Waals surface area contributed by atoms with Crippen molar-refractivity contribution in [3.05, 3.63) is 59.8 Å². The minimum absolute atomic E-state index is 0.0484. The minimum atomic E-state index is -3.80. The van der Waals surface area contributed by atoms with Gasteiger partial charge < -0.3 is 4.98 Å². The van der Waals surface area contributed by atoms with Crippen molar-refractivity contribution < 1.29 is 21.6 Å². The van der Waals surface area contributed by atoms with Crippen LogP contribution in [0.5, 0.6) is 0 Å². The number of carbonyl (C=O) groups excluding carboxylic acids is 1. The van der Waals surface area contributed by atoms with E-state index in [2.05, 4.69) is 9.71 Å². The van der Waals surface area contributed by atoms with Gasteiger partial charge in [-0.2, -0.15) is 0 Å². The number of sulfonamides is 2. The summed E-state index contributed by atoms with van der Waals surface area (Å²) in [6.45, 7) is 3.35. The maximum Gasteiger partial charge on any atom is 0.244 e. The summed E-state index contributed by atoms with van der Waals surface area (Å²) < 4.78 is 53.6. The number of nitrogens with zero attached hydrogens (tertiary/aromatic N) is 1. The van der Waals surface area contributed by atoms with Gasteiger partial charge in [0.25, 0.3) is 0 Å². The number of nitrogens with one attached hydrogen (secondary N) is 2. The Hall–Kier alpha value is -2.69. The van der Waals surface area contributed by atoms with E-state index < -0.39 is 31.9 Å². The van der Waals surface area contributed by atoms with Crippen LogP contribution in [0.15, 0.2) is 53.6 Å². The number of amides is 1. The number of fused-ring (bicyclic) bond motifs is 1. The number of anilines is 1. The van der Waals surface area contributed by atoms with E-state index >= 15 is 0 Å². The van der Waals surface area contributed by atoms with Gasteiger partial charge >= 0.3 is 0 Å². The van der Waals surface area contributed by atoms with Gasteiger partial charge in [-0.3, -0.25) is 4.79 Å². The van der Waals surface area contributed by atoms with Crippen molar-refractivity contribution in [3.8, 4) is 0 Å². The molecule has 2 N–H and O–H groups in total. The summed E-state index contributed by atoms with van der Waals surface area (Å²) in [5.74, 6) is -1.38. The van der Waals surface area contributed by atoms with Gasteiger partial charge in [0.05, 0.1) is 22.3 Å². The molecule has 1 aromatic heterocycles. The summed E-state index contributed by atoms with van der Waals surface area (Å²) in [5, 5.41) is 1.05. The van der Waals surface area contributed by atoms with Gasteiger partial charge in [0.1, 0.15) is 0 Å². The smallest absolute Gasteiger partial charge is 0.244 e. The number of para-hydroxylation sites is 1. The molecule has 1 saturated heterocycles. The minimum Gasteiger partial charge on any atom is -0.361 e.